The maximum Gasteiger partial charge on any atom is 0.236 e. The highest BCUT2D eigenvalue weighted by molar-refractivity contribution is 5.78. The van der Waals surface area contributed by atoms with E-state index in [-0.39, 0.29) is 12.5 Å². The van der Waals surface area contributed by atoms with E-state index in [0.29, 0.717) is 11.8 Å². The van der Waals surface area contributed by atoms with Crippen molar-refractivity contribution in [1.29, 1.82) is 0 Å². The van der Waals surface area contributed by atoms with Gasteiger partial charge in [0.25, 0.3) is 0 Å². The van der Waals surface area contributed by atoms with Crippen molar-refractivity contribution in [2.24, 2.45) is 17.6 Å². The summed E-state index contributed by atoms with van der Waals surface area (Å²) in [5.74, 6) is 1.21. The molecule has 0 aromatic carbocycles. The van der Waals surface area contributed by atoms with Crippen molar-refractivity contribution in [3.8, 4) is 0 Å². The molecule has 12 heavy (non-hydrogen) atoms. The molecule has 0 aliphatic carbocycles. The third-order valence-corrected chi connectivity index (χ3v) is 2.77. The van der Waals surface area contributed by atoms with Crippen molar-refractivity contribution in [1.82, 2.24) is 4.90 Å². The molecule has 2 aliphatic rings. The number of nitrogens with two attached hydrogens (primary N) is 1. The molecule has 2 saturated heterocycles. The summed E-state index contributed by atoms with van der Waals surface area (Å²) in [5, 5.41) is 0. The molecule has 4 heteroatoms. The first-order valence-corrected chi connectivity index (χ1v) is 4.37. The quantitative estimate of drug-likeness (QED) is 0.552. The standard InChI is InChI=1S/C8H14N2O2/c9-1-8(11)10-2-6-4-12-5-7(6)3-10/h6-7H,1-5,9H2/t6-,7+. The molecular formula is C8H14N2O2. The summed E-state index contributed by atoms with van der Waals surface area (Å²) in [5.41, 5.74) is 5.28. The molecule has 68 valence electrons. The molecule has 0 saturated carbocycles. The van der Waals surface area contributed by atoms with Crippen LogP contribution < -0.4 is 5.73 Å². The van der Waals surface area contributed by atoms with Crippen molar-refractivity contribution < 1.29 is 9.53 Å². The van der Waals surface area contributed by atoms with Crippen molar-refractivity contribution in [2.75, 3.05) is 32.8 Å². The normalized spacial score (nSPS) is 33.9. The second kappa shape index (κ2) is 3.03. The predicted molar refractivity (Wildman–Crippen MR) is 43.4 cm³/mol. The summed E-state index contributed by atoms with van der Waals surface area (Å²) in [6, 6.07) is 0. The summed E-state index contributed by atoms with van der Waals surface area (Å²) in [4.78, 5) is 13.1. The minimum absolute atomic E-state index is 0.0735. The van der Waals surface area contributed by atoms with E-state index in [9.17, 15) is 4.79 Å². The molecule has 0 radical (unpaired) electrons. The molecule has 2 aliphatic heterocycles. The van der Waals surface area contributed by atoms with Gasteiger partial charge >= 0.3 is 0 Å². The first kappa shape index (κ1) is 8.01. The Labute approximate surface area is 71.7 Å². The SMILES string of the molecule is NCC(=O)N1C[C@H]2COC[C@H]2C1. The Hall–Kier alpha value is -0.610. The molecule has 2 N–H and O–H groups in total. The molecule has 2 heterocycles. The van der Waals surface area contributed by atoms with Gasteiger partial charge < -0.3 is 15.4 Å². The van der Waals surface area contributed by atoms with Gasteiger partial charge in [-0.2, -0.15) is 0 Å². The van der Waals surface area contributed by atoms with Gasteiger partial charge in [-0.15, -0.1) is 0 Å². The minimum atomic E-state index is 0.0735. The molecule has 1 amide bonds. The van der Waals surface area contributed by atoms with E-state index in [1.54, 1.807) is 0 Å². The van der Waals surface area contributed by atoms with Gasteiger partial charge in [0.1, 0.15) is 0 Å². The fourth-order valence-electron chi connectivity index (χ4n) is 2.02. The van der Waals surface area contributed by atoms with Crippen molar-refractivity contribution in [3.63, 3.8) is 0 Å². The average Bonchev–Trinajstić information content (AvgIpc) is 2.60. The number of likely N-dealkylation sites (tertiary alicyclic amines) is 1. The Balaban J connectivity index is 1.94. The molecule has 2 rings (SSSR count). The number of hydrogen-bond acceptors (Lipinski definition) is 3. The highest BCUT2D eigenvalue weighted by Gasteiger charge is 2.38. The summed E-state index contributed by atoms with van der Waals surface area (Å²) in [7, 11) is 0. The highest BCUT2D eigenvalue weighted by atomic mass is 16.5. The Morgan fingerprint density at radius 3 is 2.50 bits per heavy atom. The lowest BCUT2D eigenvalue weighted by atomic mass is 10.0. The van der Waals surface area contributed by atoms with Gasteiger partial charge in [-0.3, -0.25) is 4.79 Å². The number of amides is 1. The summed E-state index contributed by atoms with van der Waals surface area (Å²) in [6.07, 6.45) is 0. The van der Waals surface area contributed by atoms with Crippen molar-refractivity contribution in [2.45, 2.75) is 0 Å². The van der Waals surface area contributed by atoms with Crippen LogP contribution in [0.5, 0.6) is 0 Å². The molecule has 2 fully saturated rings. The zero-order valence-corrected chi connectivity index (χ0v) is 7.03. The van der Waals surface area contributed by atoms with Gasteiger partial charge in [-0.1, -0.05) is 0 Å². The molecule has 0 spiro atoms. The lowest BCUT2D eigenvalue weighted by Gasteiger charge is -2.15. The smallest absolute Gasteiger partial charge is 0.236 e. The van der Waals surface area contributed by atoms with Gasteiger partial charge in [-0.05, 0) is 0 Å². The molecule has 2 atom stereocenters. The Morgan fingerprint density at radius 1 is 1.42 bits per heavy atom. The molecule has 0 aromatic rings. The first-order chi connectivity index (χ1) is 5.81. The monoisotopic (exact) mass is 170 g/mol. The van der Waals surface area contributed by atoms with Crippen molar-refractivity contribution >= 4 is 5.91 Å². The van der Waals surface area contributed by atoms with E-state index >= 15 is 0 Å². The predicted octanol–water partition coefficient (Wildman–Crippen LogP) is -0.950. The van der Waals surface area contributed by atoms with Crippen LogP contribution in [0.25, 0.3) is 0 Å². The third-order valence-electron chi connectivity index (χ3n) is 2.77. The van der Waals surface area contributed by atoms with Crippen LogP contribution in [0.4, 0.5) is 0 Å². The second-order valence-electron chi connectivity index (χ2n) is 3.56. The lowest BCUT2D eigenvalue weighted by Crippen LogP contribution is -2.35. The zero-order valence-electron chi connectivity index (χ0n) is 7.03. The minimum Gasteiger partial charge on any atom is -0.381 e. The van der Waals surface area contributed by atoms with Gasteiger partial charge in [0, 0.05) is 24.9 Å². The van der Waals surface area contributed by atoms with E-state index in [2.05, 4.69) is 0 Å². The number of carbonyl (C=O) groups excluding carboxylic acids is 1. The zero-order chi connectivity index (χ0) is 8.55. The molecule has 0 unspecified atom stereocenters. The van der Waals surface area contributed by atoms with Crippen molar-refractivity contribution in [3.05, 3.63) is 0 Å². The van der Waals surface area contributed by atoms with E-state index < -0.39 is 0 Å². The van der Waals surface area contributed by atoms with E-state index in [0.717, 1.165) is 26.3 Å². The van der Waals surface area contributed by atoms with Gasteiger partial charge in [0.15, 0.2) is 0 Å². The van der Waals surface area contributed by atoms with Crippen LogP contribution in [0.3, 0.4) is 0 Å². The first-order valence-electron chi connectivity index (χ1n) is 4.37. The summed E-state index contributed by atoms with van der Waals surface area (Å²) < 4.78 is 5.30. The largest absolute Gasteiger partial charge is 0.381 e. The molecule has 0 bridgehead atoms. The lowest BCUT2D eigenvalue weighted by molar-refractivity contribution is -0.129. The number of carbonyl (C=O) groups is 1. The molecular weight excluding hydrogens is 156 g/mol. The number of fused-ring (bicyclic) bond motifs is 1. The van der Waals surface area contributed by atoms with Crippen LogP contribution >= 0.6 is 0 Å². The Kier molecular flexibility index (Phi) is 2.02. The van der Waals surface area contributed by atoms with Gasteiger partial charge in [-0.25, -0.2) is 0 Å². The van der Waals surface area contributed by atoms with Crippen LogP contribution in [0.15, 0.2) is 0 Å². The molecule has 0 aromatic heterocycles. The number of nitrogens with zero attached hydrogens (tertiary/aromatic N) is 1. The average molecular weight is 170 g/mol. The van der Waals surface area contributed by atoms with Crippen LogP contribution in [0.2, 0.25) is 0 Å². The van der Waals surface area contributed by atoms with Crippen LogP contribution in [0.1, 0.15) is 0 Å². The fraction of sp³-hybridized carbons (Fsp3) is 0.875. The summed E-state index contributed by atoms with van der Waals surface area (Å²) in [6.45, 7) is 3.47. The van der Waals surface area contributed by atoms with E-state index in [1.807, 2.05) is 4.90 Å². The maximum atomic E-state index is 11.2. The van der Waals surface area contributed by atoms with Gasteiger partial charge in [0.05, 0.1) is 19.8 Å². The maximum absolute atomic E-state index is 11.2. The second-order valence-corrected chi connectivity index (χ2v) is 3.56. The van der Waals surface area contributed by atoms with E-state index in [1.165, 1.54) is 0 Å². The Bertz CT molecular complexity index is 183. The number of rotatable bonds is 1. The third kappa shape index (κ3) is 1.21. The highest BCUT2D eigenvalue weighted by Crippen LogP contribution is 2.28. The fourth-order valence-corrected chi connectivity index (χ4v) is 2.02. The van der Waals surface area contributed by atoms with Crippen LogP contribution in [-0.2, 0) is 9.53 Å². The molecule has 4 nitrogen and oxygen atoms in total. The van der Waals surface area contributed by atoms with E-state index in [4.69, 9.17) is 10.5 Å². The Morgan fingerprint density at radius 2 is 2.00 bits per heavy atom. The van der Waals surface area contributed by atoms with Gasteiger partial charge in [0.2, 0.25) is 5.91 Å². The number of ether oxygens (including phenoxy) is 1. The van der Waals surface area contributed by atoms with Crippen LogP contribution in [0, 0.1) is 11.8 Å². The number of hydrogen-bond donors (Lipinski definition) is 1. The topological polar surface area (TPSA) is 55.6 Å². The van der Waals surface area contributed by atoms with Crippen LogP contribution in [-0.4, -0.2) is 43.7 Å². The summed E-state index contributed by atoms with van der Waals surface area (Å²) >= 11 is 0.